The van der Waals surface area contributed by atoms with Crippen molar-refractivity contribution in [2.75, 3.05) is 0 Å². The maximum Gasteiger partial charge on any atom is 0.268 e. The maximum atomic E-state index is 12.9. The lowest BCUT2D eigenvalue weighted by molar-refractivity contribution is 0.476. The highest BCUT2D eigenvalue weighted by Gasteiger charge is 2.20. The Morgan fingerprint density at radius 1 is 0.957 bits per heavy atom. The highest BCUT2D eigenvalue weighted by molar-refractivity contribution is 7.90. The number of aromatic nitrogens is 1. The first-order valence-corrected chi connectivity index (χ1v) is 8.80. The van der Waals surface area contributed by atoms with Gasteiger partial charge in [0.2, 0.25) is 0 Å². The van der Waals surface area contributed by atoms with E-state index in [2.05, 4.69) is 20.8 Å². The minimum absolute atomic E-state index is 0.0278. The Bertz CT molecular complexity index is 962. The van der Waals surface area contributed by atoms with Crippen LogP contribution in [0.1, 0.15) is 26.3 Å². The standard InChI is InChI=1S/C18H19NO3S/c1-18(2,3)14-4-7-16(8-5-14)23(21,22)19-11-10-13-12-15(20)6-9-17(13)19/h4-12,20H,1-3H3. The van der Waals surface area contributed by atoms with E-state index in [9.17, 15) is 13.5 Å². The number of nitrogens with zero attached hydrogens (tertiary/aromatic N) is 1. The SMILES string of the molecule is CC(C)(C)c1ccc(S(=O)(=O)n2ccc3cc(O)ccc32)cc1. The number of rotatable bonds is 2. The van der Waals surface area contributed by atoms with E-state index in [-0.39, 0.29) is 16.1 Å². The van der Waals surface area contributed by atoms with Gasteiger partial charge in [-0.25, -0.2) is 12.4 Å². The van der Waals surface area contributed by atoms with E-state index >= 15 is 0 Å². The molecule has 4 nitrogen and oxygen atoms in total. The Morgan fingerprint density at radius 3 is 2.22 bits per heavy atom. The van der Waals surface area contributed by atoms with Crippen molar-refractivity contribution in [2.24, 2.45) is 0 Å². The molecule has 0 unspecified atom stereocenters. The average molecular weight is 329 g/mol. The van der Waals surface area contributed by atoms with Crippen LogP contribution in [0, 0.1) is 0 Å². The maximum absolute atomic E-state index is 12.9. The summed E-state index contributed by atoms with van der Waals surface area (Å²) in [7, 11) is -3.66. The molecular weight excluding hydrogens is 310 g/mol. The number of benzene rings is 2. The van der Waals surface area contributed by atoms with Crippen molar-refractivity contribution in [3.05, 3.63) is 60.3 Å². The van der Waals surface area contributed by atoms with E-state index in [1.807, 2.05) is 12.1 Å². The molecule has 0 aliphatic rings. The molecule has 0 spiro atoms. The first-order valence-electron chi connectivity index (χ1n) is 7.36. The summed E-state index contributed by atoms with van der Waals surface area (Å²) in [6, 6.07) is 13.3. The highest BCUT2D eigenvalue weighted by Crippen LogP contribution is 2.27. The predicted molar refractivity (Wildman–Crippen MR) is 91.3 cm³/mol. The van der Waals surface area contributed by atoms with E-state index in [0.29, 0.717) is 10.9 Å². The van der Waals surface area contributed by atoms with Gasteiger partial charge < -0.3 is 5.11 Å². The lowest BCUT2D eigenvalue weighted by Crippen LogP contribution is -2.14. The summed E-state index contributed by atoms with van der Waals surface area (Å²) in [6.07, 6.45) is 1.51. The van der Waals surface area contributed by atoms with Crippen molar-refractivity contribution in [1.82, 2.24) is 3.97 Å². The van der Waals surface area contributed by atoms with Gasteiger partial charge in [-0.1, -0.05) is 32.9 Å². The zero-order valence-corrected chi connectivity index (χ0v) is 14.1. The summed E-state index contributed by atoms with van der Waals surface area (Å²) in [4.78, 5) is 0.246. The van der Waals surface area contributed by atoms with Crippen LogP contribution in [0.2, 0.25) is 0 Å². The molecule has 0 radical (unpaired) electrons. The fourth-order valence-electron chi connectivity index (χ4n) is 2.55. The van der Waals surface area contributed by atoms with Crippen LogP contribution in [-0.2, 0) is 15.4 Å². The van der Waals surface area contributed by atoms with Crippen LogP contribution < -0.4 is 0 Å². The summed E-state index contributed by atoms with van der Waals surface area (Å²) in [6.45, 7) is 6.26. The van der Waals surface area contributed by atoms with Crippen LogP contribution >= 0.6 is 0 Å². The summed E-state index contributed by atoms with van der Waals surface area (Å²) in [5.41, 5.74) is 1.60. The molecule has 1 heterocycles. The van der Waals surface area contributed by atoms with Crippen LogP contribution in [-0.4, -0.2) is 17.5 Å². The van der Waals surface area contributed by atoms with Gasteiger partial charge in [0.1, 0.15) is 5.75 Å². The highest BCUT2D eigenvalue weighted by atomic mass is 32.2. The third-order valence-electron chi connectivity index (χ3n) is 3.92. The summed E-state index contributed by atoms with van der Waals surface area (Å²) < 4.78 is 27.0. The number of phenolic OH excluding ortho intramolecular Hbond substituents is 1. The molecule has 2 aromatic carbocycles. The van der Waals surface area contributed by atoms with Gasteiger partial charge in [-0.2, -0.15) is 0 Å². The third-order valence-corrected chi connectivity index (χ3v) is 5.62. The van der Waals surface area contributed by atoms with Crippen LogP contribution in [0.3, 0.4) is 0 Å². The molecule has 0 saturated heterocycles. The Morgan fingerprint density at radius 2 is 1.61 bits per heavy atom. The Kier molecular flexibility index (Phi) is 3.48. The van der Waals surface area contributed by atoms with Gasteiger partial charge >= 0.3 is 0 Å². The molecule has 3 rings (SSSR count). The van der Waals surface area contributed by atoms with Crippen molar-refractivity contribution < 1.29 is 13.5 Å². The second-order valence-electron chi connectivity index (χ2n) is 6.63. The summed E-state index contributed by atoms with van der Waals surface area (Å²) in [5.74, 6) is 0.113. The fraction of sp³-hybridized carbons (Fsp3) is 0.222. The Hall–Kier alpha value is -2.27. The largest absolute Gasteiger partial charge is 0.508 e. The first kappa shape index (κ1) is 15.6. The monoisotopic (exact) mass is 329 g/mol. The van der Waals surface area contributed by atoms with Crippen LogP contribution in [0.15, 0.2) is 59.6 Å². The molecule has 0 bridgehead atoms. The zero-order valence-electron chi connectivity index (χ0n) is 13.3. The molecule has 1 N–H and O–H groups in total. The number of phenols is 1. The van der Waals surface area contributed by atoms with Gasteiger partial charge in [0, 0.05) is 11.6 Å². The van der Waals surface area contributed by atoms with Crippen molar-refractivity contribution >= 4 is 20.9 Å². The third kappa shape index (κ3) is 2.72. The van der Waals surface area contributed by atoms with E-state index in [0.717, 1.165) is 5.56 Å². The van der Waals surface area contributed by atoms with Crippen molar-refractivity contribution in [1.29, 1.82) is 0 Å². The van der Waals surface area contributed by atoms with Crippen LogP contribution in [0.5, 0.6) is 5.75 Å². The number of hydrogen-bond acceptors (Lipinski definition) is 3. The van der Waals surface area contributed by atoms with Gasteiger partial charge in [0.15, 0.2) is 0 Å². The molecule has 5 heteroatoms. The predicted octanol–water partition coefficient (Wildman–Crippen LogP) is 3.88. The quantitative estimate of drug-likeness (QED) is 0.776. The molecule has 3 aromatic rings. The van der Waals surface area contributed by atoms with E-state index in [4.69, 9.17) is 0 Å². The van der Waals surface area contributed by atoms with Gasteiger partial charge in [-0.3, -0.25) is 0 Å². The minimum atomic E-state index is -3.66. The van der Waals surface area contributed by atoms with Crippen LogP contribution in [0.4, 0.5) is 0 Å². The topological polar surface area (TPSA) is 59.3 Å². The smallest absolute Gasteiger partial charge is 0.268 e. The van der Waals surface area contributed by atoms with E-state index in [1.165, 1.54) is 16.2 Å². The van der Waals surface area contributed by atoms with Gasteiger partial charge in [0.25, 0.3) is 10.0 Å². The Labute approximate surface area is 136 Å². The molecule has 23 heavy (non-hydrogen) atoms. The molecule has 0 aliphatic heterocycles. The second-order valence-corrected chi connectivity index (χ2v) is 8.45. The minimum Gasteiger partial charge on any atom is -0.508 e. The molecule has 120 valence electrons. The molecule has 1 aromatic heterocycles. The zero-order chi connectivity index (χ0) is 16.8. The summed E-state index contributed by atoms with van der Waals surface area (Å²) >= 11 is 0. The molecular formula is C18H19NO3S. The van der Waals surface area contributed by atoms with E-state index in [1.54, 1.807) is 30.3 Å². The second kappa shape index (κ2) is 5.13. The normalized spacial score (nSPS) is 12.7. The number of fused-ring (bicyclic) bond motifs is 1. The number of aromatic hydroxyl groups is 1. The Balaban J connectivity index is 2.10. The van der Waals surface area contributed by atoms with Gasteiger partial charge in [0.05, 0.1) is 10.4 Å². The molecule has 0 saturated carbocycles. The van der Waals surface area contributed by atoms with Crippen molar-refractivity contribution in [3.63, 3.8) is 0 Å². The lowest BCUT2D eigenvalue weighted by Gasteiger charge is -2.19. The summed E-state index contributed by atoms with van der Waals surface area (Å²) in [5, 5.41) is 10.2. The van der Waals surface area contributed by atoms with Crippen molar-refractivity contribution in [3.8, 4) is 5.75 Å². The lowest BCUT2D eigenvalue weighted by atomic mass is 9.87. The van der Waals surface area contributed by atoms with E-state index < -0.39 is 10.0 Å². The van der Waals surface area contributed by atoms with Gasteiger partial charge in [-0.05, 0) is 47.4 Å². The first-order chi connectivity index (χ1) is 10.7. The average Bonchev–Trinajstić information content (AvgIpc) is 2.90. The molecule has 0 aliphatic carbocycles. The molecule has 0 atom stereocenters. The number of hydrogen-bond donors (Lipinski definition) is 1. The fourth-order valence-corrected chi connectivity index (χ4v) is 3.91. The van der Waals surface area contributed by atoms with Gasteiger partial charge in [-0.15, -0.1) is 0 Å². The molecule has 0 fully saturated rings. The van der Waals surface area contributed by atoms with Crippen molar-refractivity contribution in [2.45, 2.75) is 31.1 Å². The molecule has 0 amide bonds. The van der Waals surface area contributed by atoms with Crippen LogP contribution in [0.25, 0.3) is 10.9 Å².